The highest BCUT2D eigenvalue weighted by molar-refractivity contribution is 5.91. The maximum atomic E-state index is 11.6. The molecule has 1 rings (SSSR count). The molecule has 0 bridgehead atoms. The Balaban J connectivity index is 3.06. The van der Waals surface area contributed by atoms with Gasteiger partial charge in [-0.2, -0.15) is 0 Å². The fraction of sp³-hybridized carbons (Fsp3) is 0.727. The van der Waals surface area contributed by atoms with E-state index in [9.17, 15) is 4.79 Å². The minimum Gasteiger partial charge on any atom is -0.459 e. The summed E-state index contributed by atoms with van der Waals surface area (Å²) in [5, 5.41) is 0. The summed E-state index contributed by atoms with van der Waals surface area (Å²) in [6, 6.07) is 0. The van der Waals surface area contributed by atoms with Crippen LogP contribution in [0.1, 0.15) is 41.0 Å². The van der Waals surface area contributed by atoms with Crippen LogP contribution >= 0.6 is 0 Å². The van der Waals surface area contributed by atoms with Crippen molar-refractivity contribution in [2.75, 3.05) is 0 Å². The van der Waals surface area contributed by atoms with Gasteiger partial charge in [-0.25, -0.2) is 4.79 Å². The van der Waals surface area contributed by atoms with Crippen LogP contribution in [0.2, 0.25) is 0 Å². The standard InChI is InChI=1S/C11H18O2/c1-7-6-8(2)13-10(12)9(7)11(3,4)5/h8H,6H2,1-5H3. The van der Waals surface area contributed by atoms with Crippen LogP contribution in [0.5, 0.6) is 0 Å². The number of carbonyl (C=O) groups is 1. The molecule has 0 radical (unpaired) electrons. The van der Waals surface area contributed by atoms with Crippen molar-refractivity contribution in [3.63, 3.8) is 0 Å². The Labute approximate surface area is 80.0 Å². The summed E-state index contributed by atoms with van der Waals surface area (Å²) in [6.45, 7) is 10.1. The van der Waals surface area contributed by atoms with Gasteiger partial charge in [0.05, 0.1) is 0 Å². The van der Waals surface area contributed by atoms with Crippen molar-refractivity contribution in [2.24, 2.45) is 5.41 Å². The minimum absolute atomic E-state index is 0.0404. The monoisotopic (exact) mass is 182 g/mol. The summed E-state index contributed by atoms with van der Waals surface area (Å²) in [5.41, 5.74) is 1.93. The number of rotatable bonds is 0. The summed E-state index contributed by atoms with van der Waals surface area (Å²) >= 11 is 0. The summed E-state index contributed by atoms with van der Waals surface area (Å²) in [6.07, 6.45) is 0.914. The molecule has 1 aliphatic rings. The summed E-state index contributed by atoms with van der Waals surface area (Å²) < 4.78 is 5.20. The molecule has 0 N–H and O–H groups in total. The SMILES string of the molecule is CC1=C(C(C)(C)C)C(=O)OC(C)C1. The van der Waals surface area contributed by atoms with Crippen molar-refractivity contribution in [1.82, 2.24) is 0 Å². The molecule has 2 heteroatoms. The first-order chi connectivity index (χ1) is 5.82. The second kappa shape index (κ2) is 3.17. The predicted molar refractivity (Wildman–Crippen MR) is 52.3 cm³/mol. The lowest BCUT2D eigenvalue weighted by Crippen LogP contribution is -2.30. The molecule has 1 unspecified atom stereocenters. The molecule has 0 saturated carbocycles. The van der Waals surface area contributed by atoms with E-state index in [0.29, 0.717) is 0 Å². The van der Waals surface area contributed by atoms with E-state index in [1.165, 1.54) is 5.57 Å². The van der Waals surface area contributed by atoms with Gasteiger partial charge in [-0.1, -0.05) is 26.3 Å². The first-order valence-electron chi connectivity index (χ1n) is 4.73. The number of cyclic esters (lactones) is 1. The summed E-state index contributed by atoms with van der Waals surface area (Å²) in [5.74, 6) is -0.135. The topological polar surface area (TPSA) is 26.3 Å². The van der Waals surface area contributed by atoms with Crippen molar-refractivity contribution in [1.29, 1.82) is 0 Å². The van der Waals surface area contributed by atoms with Crippen molar-refractivity contribution < 1.29 is 9.53 Å². The predicted octanol–water partition coefficient (Wildman–Crippen LogP) is 2.68. The van der Waals surface area contributed by atoms with E-state index in [2.05, 4.69) is 0 Å². The maximum Gasteiger partial charge on any atom is 0.334 e. The third-order valence-electron chi connectivity index (χ3n) is 2.28. The molecule has 0 aromatic carbocycles. The normalized spacial score (nSPS) is 24.7. The highest BCUT2D eigenvalue weighted by Crippen LogP contribution is 2.34. The van der Waals surface area contributed by atoms with Crippen LogP contribution in [0.3, 0.4) is 0 Å². The van der Waals surface area contributed by atoms with Gasteiger partial charge in [0.25, 0.3) is 0 Å². The fourth-order valence-corrected chi connectivity index (χ4v) is 1.94. The van der Waals surface area contributed by atoms with Gasteiger partial charge in [-0.15, -0.1) is 0 Å². The zero-order valence-corrected chi connectivity index (χ0v) is 9.10. The van der Waals surface area contributed by atoms with Crippen LogP contribution in [0.25, 0.3) is 0 Å². The Morgan fingerprint density at radius 1 is 1.38 bits per heavy atom. The minimum atomic E-state index is -0.135. The third kappa shape index (κ3) is 2.11. The van der Waals surface area contributed by atoms with Crippen molar-refractivity contribution in [3.05, 3.63) is 11.1 Å². The first-order valence-corrected chi connectivity index (χ1v) is 4.73. The van der Waals surface area contributed by atoms with Crippen LogP contribution in [-0.2, 0) is 9.53 Å². The Bertz CT molecular complexity index is 256. The van der Waals surface area contributed by atoms with Gasteiger partial charge < -0.3 is 4.74 Å². The van der Waals surface area contributed by atoms with E-state index in [1.807, 2.05) is 34.6 Å². The zero-order valence-electron chi connectivity index (χ0n) is 9.10. The van der Waals surface area contributed by atoms with E-state index < -0.39 is 0 Å². The number of esters is 1. The van der Waals surface area contributed by atoms with E-state index in [-0.39, 0.29) is 17.5 Å². The molecule has 2 nitrogen and oxygen atoms in total. The zero-order chi connectivity index (χ0) is 10.2. The van der Waals surface area contributed by atoms with Gasteiger partial charge >= 0.3 is 5.97 Å². The van der Waals surface area contributed by atoms with Gasteiger partial charge in [0.1, 0.15) is 6.10 Å². The highest BCUT2D eigenvalue weighted by atomic mass is 16.5. The van der Waals surface area contributed by atoms with Crippen LogP contribution in [0.15, 0.2) is 11.1 Å². The Kier molecular flexibility index (Phi) is 2.51. The molecule has 1 atom stereocenters. The lowest BCUT2D eigenvalue weighted by atomic mass is 9.81. The second-order valence-corrected chi connectivity index (χ2v) is 4.83. The van der Waals surface area contributed by atoms with E-state index in [4.69, 9.17) is 4.74 Å². The fourth-order valence-electron chi connectivity index (χ4n) is 1.94. The quantitative estimate of drug-likeness (QED) is 0.538. The van der Waals surface area contributed by atoms with Gasteiger partial charge in [0.15, 0.2) is 0 Å². The van der Waals surface area contributed by atoms with Crippen molar-refractivity contribution in [2.45, 2.75) is 47.1 Å². The van der Waals surface area contributed by atoms with Crippen LogP contribution < -0.4 is 0 Å². The first kappa shape index (κ1) is 10.3. The van der Waals surface area contributed by atoms with Gasteiger partial charge in [-0.3, -0.25) is 0 Å². The molecule has 74 valence electrons. The third-order valence-corrected chi connectivity index (χ3v) is 2.28. The molecule has 1 aliphatic heterocycles. The Morgan fingerprint density at radius 2 is 1.92 bits per heavy atom. The molecule has 0 aromatic heterocycles. The highest BCUT2D eigenvalue weighted by Gasteiger charge is 2.32. The average Bonchev–Trinajstić information content (AvgIpc) is 1.78. The van der Waals surface area contributed by atoms with Crippen molar-refractivity contribution >= 4 is 5.97 Å². The molecule has 0 saturated heterocycles. The van der Waals surface area contributed by atoms with Crippen LogP contribution in [-0.4, -0.2) is 12.1 Å². The van der Waals surface area contributed by atoms with E-state index in [0.717, 1.165) is 12.0 Å². The average molecular weight is 182 g/mol. The Hall–Kier alpha value is -0.790. The molecule has 13 heavy (non-hydrogen) atoms. The smallest absolute Gasteiger partial charge is 0.334 e. The molecular weight excluding hydrogens is 164 g/mol. The lowest BCUT2D eigenvalue weighted by Gasteiger charge is -2.30. The number of hydrogen-bond donors (Lipinski definition) is 0. The maximum absolute atomic E-state index is 11.6. The largest absolute Gasteiger partial charge is 0.459 e. The van der Waals surface area contributed by atoms with Crippen LogP contribution in [0.4, 0.5) is 0 Å². The second-order valence-electron chi connectivity index (χ2n) is 4.83. The summed E-state index contributed by atoms with van der Waals surface area (Å²) in [7, 11) is 0. The number of ether oxygens (including phenoxy) is 1. The van der Waals surface area contributed by atoms with E-state index in [1.54, 1.807) is 0 Å². The molecular formula is C11H18O2. The molecule has 0 aliphatic carbocycles. The lowest BCUT2D eigenvalue weighted by molar-refractivity contribution is -0.146. The molecule has 0 spiro atoms. The van der Waals surface area contributed by atoms with Crippen LogP contribution in [0, 0.1) is 5.41 Å². The van der Waals surface area contributed by atoms with Gasteiger partial charge in [-0.05, 0) is 19.3 Å². The van der Waals surface area contributed by atoms with Gasteiger partial charge in [0, 0.05) is 12.0 Å². The number of carbonyl (C=O) groups excluding carboxylic acids is 1. The van der Waals surface area contributed by atoms with Crippen molar-refractivity contribution in [3.8, 4) is 0 Å². The molecule has 0 aromatic rings. The Morgan fingerprint density at radius 3 is 2.31 bits per heavy atom. The molecule has 0 fully saturated rings. The van der Waals surface area contributed by atoms with E-state index >= 15 is 0 Å². The van der Waals surface area contributed by atoms with Gasteiger partial charge in [0.2, 0.25) is 0 Å². The number of hydrogen-bond acceptors (Lipinski definition) is 2. The summed E-state index contributed by atoms with van der Waals surface area (Å²) in [4.78, 5) is 11.6. The molecule has 1 heterocycles. The molecule has 0 amide bonds.